The smallest absolute Gasteiger partial charge is 0.170 e. The lowest BCUT2D eigenvalue weighted by molar-refractivity contribution is 0.162. The molecule has 6 heteroatoms. The van der Waals surface area contributed by atoms with Crippen LogP contribution in [0.5, 0.6) is 0 Å². The van der Waals surface area contributed by atoms with Crippen LogP contribution in [-0.4, -0.2) is 39.8 Å². The first-order valence-electron chi connectivity index (χ1n) is 7.72. The predicted octanol–water partition coefficient (Wildman–Crippen LogP) is 2.35. The highest BCUT2D eigenvalue weighted by molar-refractivity contribution is 7.80. The molecule has 23 heavy (non-hydrogen) atoms. The van der Waals surface area contributed by atoms with Gasteiger partial charge in [-0.15, -0.1) is 0 Å². The third kappa shape index (κ3) is 2.96. The van der Waals surface area contributed by atoms with E-state index in [1.54, 1.807) is 7.11 Å². The lowest BCUT2D eigenvalue weighted by atomic mass is 10.0. The molecule has 1 saturated heterocycles. The minimum Gasteiger partial charge on any atom is -0.383 e. The molecule has 0 unspecified atom stereocenters. The molecule has 0 radical (unpaired) electrons. The Labute approximate surface area is 142 Å². The highest BCUT2D eigenvalue weighted by Crippen LogP contribution is 2.38. The van der Waals surface area contributed by atoms with Crippen LogP contribution in [0.3, 0.4) is 0 Å². The summed E-state index contributed by atoms with van der Waals surface area (Å²) in [5, 5.41) is 4.19. The molecule has 5 nitrogen and oxygen atoms in total. The third-order valence-electron chi connectivity index (χ3n) is 4.45. The molecular weight excluding hydrogens is 308 g/mol. The molecule has 3 heterocycles. The zero-order chi connectivity index (χ0) is 16.4. The normalized spacial score (nSPS) is 20.8. The summed E-state index contributed by atoms with van der Waals surface area (Å²) >= 11 is 5.58. The number of rotatable bonds is 5. The highest BCUT2D eigenvalue weighted by atomic mass is 32.1. The second-order valence-corrected chi connectivity index (χ2v) is 6.16. The first kappa shape index (κ1) is 16.0. The second kappa shape index (κ2) is 6.68. The van der Waals surface area contributed by atoms with Crippen LogP contribution in [0.25, 0.3) is 0 Å². The molecule has 1 aliphatic rings. The van der Waals surface area contributed by atoms with Gasteiger partial charge in [0.1, 0.15) is 0 Å². The summed E-state index contributed by atoms with van der Waals surface area (Å²) < 4.78 is 7.48. The van der Waals surface area contributed by atoms with Crippen LogP contribution >= 0.6 is 12.2 Å². The quantitative estimate of drug-likeness (QED) is 0.853. The summed E-state index contributed by atoms with van der Waals surface area (Å²) in [6.07, 6.45) is 1.82. The lowest BCUT2D eigenvalue weighted by Gasteiger charge is -2.28. The summed E-state index contributed by atoms with van der Waals surface area (Å²) in [7, 11) is 3.81. The van der Waals surface area contributed by atoms with Gasteiger partial charge in [0.25, 0.3) is 0 Å². The topological polar surface area (TPSA) is 42.3 Å². The molecule has 122 valence electrons. The van der Waals surface area contributed by atoms with Crippen LogP contribution in [0.2, 0.25) is 0 Å². The number of thiocarbonyl (C=S) groups is 1. The Kier molecular flexibility index (Phi) is 4.63. The summed E-state index contributed by atoms with van der Waals surface area (Å²) in [5.41, 5.74) is 3.45. The second-order valence-electron chi connectivity index (χ2n) is 5.77. The van der Waals surface area contributed by atoms with E-state index in [9.17, 15) is 0 Å². The summed E-state index contributed by atoms with van der Waals surface area (Å²) in [4.78, 5) is 6.73. The maximum absolute atomic E-state index is 5.58. The molecule has 1 aliphatic heterocycles. The van der Waals surface area contributed by atoms with Crippen molar-refractivity contribution < 1.29 is 4.74 Å². The van der Waals surface area contributed by atoms with Gasteiger partial charge < -0.3 is 19.5 Å². The largest absolute Gasteiger partial charge is 0.383 e. The van der Waals surface area contributed by atoms with E-state index >= 15 is 0 Å². The Morgan fingerprint density at radius 2 is 2.13 bits per heavy atom. The van der Waals surface area contributed by atoms with Gasteiger partial charge in [0.2, 0.25) is 0 Å². The van der Waals surface area contributed by atoms with E-state index in [0.29, 0.717) is 6.61 Å². The van der Waals surface area contributed by atoms with Crippen LogP contribution in [-0.2, 0) is 11.8 Å². The van der Waals surface area contributed by atoms with E-state index < -0.39 is 0 Å². The summed E-state index contributed by atoms with van der Waals surface area (Å²) in [6, 6.07) is 10.4. The van der Waals surface area contributed by atoms with Crippen LogP contribution in [0.15, 0.2) is 36.5 Å². The monoisotopic (exact) mass is 330 g/mol. The zero-order valence-electron chi connectivity index (χ0n) is 13.7. The van der Waals surface area contributed by atoms with Crippen LogP contribution in [0.1, 0.15) is 29.2 Å². The van der Waals surface area contributed by atoms with E-state index in [1.807, 2.05) is 24.4 Å². The molecule has 0 spiro atoms. The Bertz CT molecular complexity index is 685. The summed E-state index contributed by atoms with van der Waals surface area (Å²) in [6.45, 7) is 3.50. The first-order chi connectivity index (χ1) is 11.1. The molecule has 2 aromatic rings. The van der Waals surface area contributed by atoms with Crippen molar-refractivity contribution in [1.29, 1.82) is 0 Å². The average Bonchev–Trinajstić information content (AvgIpc) is 3.06. The van der Waals surface area contributed by atoms with Gasteiger partial charge in [-0.05, 0) is 43.4 Å². The first-order valence-corrected chi connectivity index (χ1v) is 8.13. The molecule has 2 atom stereocenters. The van der Waals surface area contributed by atoms with E-state index in [2.05, 4.69) is 45.9 Å². The number of nitrogens with zero attached hydrogens (tertiary/aromatic N) is 3. The maximum Gasteiger partial charge on any atom is 0.170 e. The van der Waals surface area contributed by atoms with Gasteiger partial charge >= 0.3 is 0 Å². The fraction of sp³-hybridized carbons (Fsp3) is 0.412. The van der Waals surface area contributed by atoms with Crippen LogP contribution < -0.4 is 5.32 Å². The Hall–Kier alpha value is -1.92. The molecule has 0 saturated carbocycles. The highest BCUT2D eigenvalue weighted by Gasteiger charge is 2.40. The van der Waals surface area contributed by atoms with Crippen molar-refractivity contribution >= 4 is 17.3 Å². The fourth-order valence-corrected chi connectivity index (χ4v) is 3.42. The minimum absolute atomic E-state index is 0.0357. The van der Waals surface area contributed by atoms with Gasteiger partial charge in [-0.2, -0.15) is 0 Å². The number of nitrogens with one attached hydrogen (secondary N) is 1. The van der Waals surface area contributed by atoms with Crippen molar-refractivity contribution in [2.75, 3.05) is 20.3 Å². The van der Waals surface area contributed by atoms with Gasteiger partial charge in [-0.1, -0.05) is 6.07 Å². The van der Waals surface area contributed by atoms with Gasteiger partial charge in [0, 0.05) is 38.3 Å². The number of pyridine rings is 1. The third-order valence-corrected chi connectivity index (χ3v) is 4.80. The molecule has 0 aromatic carbocycles. The van der Waals surface area contributed by atoms with Crippen LogP contribution in [0, 0.1) is 6.92 Å². The van der Waals surface area contributed by atoms with Crippen molar-refractivity contribution in [1.82, 2.24) is 19.8 Å². The summed E-state index contributed by atoms with van der Waals surface area (Å²) in [5.74, 6) is 0. The molecule has 2 aromatic heterocycles. The van der Waals surface area contributed by atoms with E-state index in [0.717, 1.165) is 17.4 Å². The van der Waals surface area contributed by atoms with Gasteiger partial charge in [-0.3, -0.25) is 4.98 Å². The molecule has 0 bridgehead atoms. The van der Waals surface area contributed by atoms with E-state index in [-0.39, 0.29) is 12.1 Å². The fourth-order valence-electron chi connectivity index (χ4n) is 3.09. The Balaban J connectivity index is 2.01. The lowest BCUT2D eigenvalue weighted by Crippen LogP contribution is -2.33. The average molecular weight is 330 g/mol. The maximum atomic E-state index is 5.58. The van der Waals surface area contributed by atoms with Crippen molar-refractivity contribution in [3.05, 3.63) is 53.6 Å². The van der Waals surface area contributed by atoms with Gasteiger partial charge in [-0.25, -0.2) is 0 Å². The number of aryl methyl sites for hydroxylation is 1. The Morgan fingerprint density at radius 3 is 2.74 bits per heavy atom. The van der Waals surface area contributed by atoms with Crippen molar-refractivity contribution in [2.45, 2.75) is 19.0 Å². The molecule has 1 N–H and O–H groups in total. The minimum atomic E-state index is 0.0357. The van der Waals surface area contributed by atoms with Crippen molar-refractivity contribution in [3.63, 3.8) is 0 Å². The molecular formula is C17H22N4OS. The van der Waals surface area contributed by atoms with E-state index in [4.69, 9.17) is 17.0 Å². The molecule has 0 amide bonds. The molecule has 0 aliphatic carbocycles. The number of ether oxygens (including phenoxy) is 1. The van der Waals surface area contributed by atoms with Gasteiger partial charge in [0.05, 0.1) is 24.4 Å². The predicted molar refractivity (Wildman–Crippen MR) is 94.2 cm³/mol. The van der Waals surface area contributed by atoms with Crippen molar-refractivity contribution in [3.8, 4) is 0 Å². The molecule has 3 rings (SSSR count). The number of methoxy groups -OCH3 is 1. The number of aromatic nitrogens is 2. The SMILES string of the molecule is COCCN1C(=S)N[C@@H](c2ccccn2)[C@H]1c1ccc(C)n1C. The number of hydrogen-bond acceptors (Lipinski definition) is 3. The standard InChI is InChI=1S/C17H22N4OS/c1-12-7-8-14(20(12)2)16-15(13-6-4-5-9-18-13)19-17(23)21(16)10-11-22-3/h4-9,15-16H,10-11H2,1-3H3,(H,19,23)/t15-,16+/m0/s1. The van der Waals surface area contributed by atoms with Gasteiger partial charge in [0.15, 0.2) is 5.11 Å². The van der Waals surface area contributed by atoms with E-state index in [1.165, 1.54) is 11.4 Å². The number of hydrogen-bond donors (Lipinski definition) is 1. The van der Waals surface area contributed by atoms with Crippen molar-refractivity contribution in [2.24, 2.45) is 7.05 Å². The van der Waals surface area contributed by atoms with Crippen LogP contribution in [0.4, 0.5) is 0 Å². The zero-order valence-corrected chi connectivity index (χ0v) is 14.5. The Morgan fingerprint density at radius 1 is 1.30 bits per heavy atom. The molecule has 1 fully saturated rings.